The number of nitrogens with one attached hydrogen (secondary N) is 1. The molecular formula is C18H21F2N3O. The zero-order valence-corrected chi connectivity index (χ0v) is 14.1. The summed E-state index contributed by atoms with van der Waals surface area (Å²) in [5, 5.41) is 7.16. The molecule has 1 saturated heterocycles. The second kappa shape index (κ2) is 4.85. The Kier molecular flexibility index (Phi) is 3.17. The van der Waals surface area contributed by atoms with E-state index in [4.69, 9.17) is 4.52 Å². The largest absolute Gasteiger partial charge is 0.338 e. The van der Waals surface area contributed by atoms with Crippen molar-refractivity contribution in [2.24, 2.45) is 5.41 Å². The predicted octanol–water partition coefficient (Wildman–Crippen LogP) is 3.63. The number of nitrogens with zero attached hydrogens (tertiary/aromatic N) is 2. The molecule has 0 amide bonds. The minimum atomic E-state index is -2.81. The van der Waals surface area contributed by atoms with Gasteiger partial charge < -0.3 is 9.84 Å². The summed E-state index contributed by atoms with van der Waals surface area (Å²) in [5.41, 5.74) is 0.468. The predicted molar refractivity (Wildman–Crippen MR) is 86.0 cm³/mol. The molecule has 1 aromatic carbocycles. The SMILES string of the molecule is Cc1ccc(C)c(-c2noc(C3(C)C(F)(F)C34CCNCC4)n2)c1. The third-order valence-electron chi connectivity index (χ3n) is 6.07. The fourth-order valence-corrected chi connectivity index (χ4v) is 4.29. The van der Waals surface area contributed by atoms with Gasteiger partial charge in [0.25, 0.3) is 5.92 Å². The Bertz CT molecular complexity index is 795. The van der Waals surface area contributed by atoms with E-state index in [1.165, 1.54) is 0 Å². The number of aryl methyl sites for hydroxylation is 2. The van der Waals surface area contributed by atoms with Gasteiger partial charge in [-0.2, -0.15) is 4.98 Å². The zero-order chi connectivity index (χ0) is 17.2. The quantitative estimate of drug-likeness (QED) is 0.912. The molecule has 1 unspecified atom stereocenters. The molecule has 0 bridgehead atoms. The van der Waals surface area contributed by atoms with Crippen molar-refractivity contribution in [2.75, 3.05) is 13.1 Å². The molecule has 4 nitrogen and oxygen atoms in total. The molecule has 4 rings (SSSR count). The topological polar surface area (TPSA) is 51.0 Å². The fourth-order valence-electron chi connectivity index (χ4n) is 4.29. The van der Waals surface area contributed by atoms with Crippen LogP contribution in [0.5, 0.6) is 0 Å². The maximum Gasteiger partial charge on any atom is 0.269 e. The molecule has 2 aliphatic rings. The van der Waals surface area contributed by atoms with Crippen LogP contribution in [0.15, 0.2) is 22.7 Å². The van der Waals surface area contributed by atoms with Crippen LogP contribution in [0.3, 0.4) is 0 Å². The first-order chi connectivity index (χ1) is 11.3. The van der Waals surface area contributed by atoms with Gasteiger partial charge in [0.1, 0.15) is 5.41 Å². The summed E-state index contributed by atoms with van der Waals surface area (Å²) in [7, 11) is 0. The number of aromatic nitrogens is 2. The van der Waals surface area contributed by atoms with Crippen LogP contribution in [0.1, 0.15) is 36.8 Å². The van der Waals surface area contributed by atoms with E-state index in [1.54, 1.807) is 6.92 Å². The van der Waals surface area contributed by atoms with Gasteiger partial charge in [-0.05, 0) is 58.3 Å². The van der Waals surface area contributed by atoms with Gasteiger partial charge in [-0.15, -0.1) is 0 Å². The van der Waals surface area contributed by atoms with Crippen molar-refractivity contribution in [2.45, 2.75) is 45.0 Å². The highest BCUT2D eigenvalue weighted by molar-refractivity contribution is 5.61. The monoisotopic (exact) mass is 333 g/mol. The minimum Gasteiger partial charge on any atom is -0.338 e. The minimum absolute atomic E-state index is 0.0605. The average molecular weight is 333 g/mol. The van der Waals surface area contributed by atoms with Crippen LogP contribution in [0.2, 0.25) is 0 Å². The number of hydrogen-bond donors (Lipinski definition) is 1. The maximum atomic E-state index is 14.8. The van der Waals surface area contributed by atoms with E-state index in [1.807, 2.05) is 32.0 Å². The smallest absolute Gasteiger partial charge is 0.269 e. The van der Waals surface area contributed by atoms with E-state index < -0.39 is 16.8 Å². The number of halogens is 2. The number of alkyl halides is 2. The van der Waals surface area contributed by atoms with Crippen LogP contribution < -0.4 is 5.32 Å². The van der Waals surface area contributed by atoms with E-state index in [2.05, 4.69) is 15.5 Å². The highest BCUT2D eigenvalue weighted by Crippen LogP contribution is 2.78. The molecule has 2 heterocycles. The van der Waals surface area contributed by atoms with Gasteiger partial charge in [0, 0.05) is 5.56 Å². The average Bonchev–Trinajstić information content (AvgIpc) is 2.95. The third-order valence-corrected chi connectivity index (χ3v) is 6.07. The van der Waals surface area contributed by atoms with E-state index >= 15 is 0 Å². The molecule has 1 aliphatic heterocycles. The number of piperidine rings is 1. The van der Waals surface area contributed by atoms with Gasteiger partial charge >= 0.3 is 0 Å². The summed E-state index contributed by atoms with van der Waals surface area (Å²) < 4.78 is 35.0. The highest BCUT2D eigenvalue weighted by atomic mass is 19.3. The van der Waals surface area contributed by atoms with Crippen molar-refractivity contribution in [1.29, 1.82) is 0 Å². The summed E-state index contributed by atoms with van der Waals surface area (Å²) in [5.74, 6) is -2.36. The summed E-state index contributed by atoms with van der Waals surface area (Å²) in [6, 6.07) is 5.93. The van der Waals surface area contributed by atoms with Crippen molar-refractivity contribution >= 4 is 0 Å². The molecule has 128 valence electrons. The van der Waals surface area contributed by atoms with Gasteiger partial charge in [-0.1, -0.05) is 22.9 Å². The lowest BCUT2D eigenvalue weighted by Gasteiger charge is -2.24. The van der Waals surface area contributed by atoms with Crippen LogP contribution in [0.25, 0.3) is 11.4 Å². The second-order valence-electron chi connectivity index (χ2n) is 7.27. The summed E-state index contributed by atoms with van der Waals surface area (Å²) >= 11 is 0. The van der Waals surface area contributed by atoms with E-state index in [0.29, 0.717) is 31.8 Å². The molecule has 1 atom stereocenters. The fraction of sp³-hybridized carbons (Fsp3) is 0.556. The number of rotatable bonds is 2. The summed E-state index contributed by atoms with van der Waals surface area (Å²) in [4.78, 5) is 4.38. The summed E-state index contributed by atoms with van der Waals surface area (Å²) in [6.45, 7) is 6.70. The zero-order valence-electron chi connectivity index (χ0n) is 14.1. The number of hydrogen-bond acceptors (Lipinski definition) is 4. The Morgan fingerprint density at radius 1 is 1.17 bits per heavy atom. The lowest BCUT2D eigenvalue weighted by molar-refractivity contribution is 0.0423. The van der Waals surface area contributed by atoms with Crippen LogP contribution in [0.4, 0.5) is 8.78 Å². The van der Waals surface area contributed by atoms with Crippen molar-refractivity contribution in [3.8, 4) is 11.4 Å². The molecule has 6 heteroatoms. The van der Waals surface area contributed by atoms with Gasteiger partial charge in [-0.25, -0.2) is 8.78 Å². The van der Waals surface area contributed by atoms with E-state index in [9.17, 15) is 8.78 Å². The molecule has 1 saturated carbocycles. The van der Waals surface area contributed by atoms with Gasteiger partial charge in [0.15, 0.2) is 0 Å². The molecule has 0 radical (unpaired) electrons. The first-order valence-corrected chi connectivity index (χ1v) is 8.34. The Labute approximate surface area is 139 Å². The van der Waals surface area contributed by atoms with Crippen molar-refractivity contribution in [3.63, 3.8) is 0 Å². The molecular weight excluding hydrogens is 312 g/mol. The van der Waals surface area contributed by atoms with Crippen LogP contribution >= 0.6 is 0 Å². The molecule has 1 N–H and O–H groups in total. The standard InChI is InChI=1S/C18H21F2N3O/c1-11-4-5-12(2)13(10-11)14-22-15(24-23-14)16(3)17(18(16,19)20)6-8-21-9-7-17/h4-5,10,21H,6-9H2,1-3H3. The maximum absolute atomic E-state index is 14.8. The van der Waals surface area contributed by atoms with Crippen molar-refractivity contribution < 1.29 is 13.3 Å². The first-order valence-electron chi connectivity index (χ1n) is 8.34. The molecule has 2 aromatic rings. The Morgan fingerprint density at radius 2 is 1.88 bits per heavy atom. The van der Waals surface area contributed by atoms with Gasteiger partial charge in [0.05, 0.1) is 5.41 Å². The normalized spacial score (nSPS) is 27.4. The molecule has 1 spiro atoms. The Hall–Kier alpha value is -1.82. The highest BCUT2D eigenvalue weighted by Gasteiger charge is 2.90. The Morgan fingerprint density at radius 3 is 2.58 bits per heavy atom. The van der Waals surface area contributed by atoms with Crippen molar-refractivity contribution in [1.82, 2.24) is 15.5 Å². The third kappa shape index (κ3) is 1.75. The van der Waals surface area contributed by atoms with Crippen molar-refractivity contribution in [3.05, 3.63) is 35.2 Å². The van der Waals surface area contributed by atoms with Crippen LogP contribution in [-0.4, -0.2) is 29.2 Å². The van der Waals surface area contributed by atoms with E-state index in [0.717, 1.165) is 16.7 Å². The first kappa shape index (κ1) is 15.7. The molecule has 1 aliphatic carbocycles. The van der Waals surface area contributed by atoms with Crippen LogP contribution in [0, 0.1) is 19.3 Å². The molecule has 2 fully saturated rings. The molecule has 1 aromatic heterocycles. The summed E-state index contributed by atoms with van der Waals surface area (Å²) in [6.07, 6.45) is 0.857. The lowest BCUT2D eigenvalue weighted by atomic mass is 9.85. The second-order valence-corrected chi connectivity index (χ2v) is 7.27. The Balaban J connectivity index is 1.74. The van der Waals surface area contributed by atoms with Gasteiger partial charge in [0.2, 0.25) is 11.7 Å². The molecule has 24 heavy (non-hydrogen) atoms. The number of benzene rings is 1. The van der Waals surface area contributed by atoms with E-state index in [-0.39, 0.29) is 5.89 Å². The van der Waals surface area contributed by atoms with Gasteiger partial charge in [-0.3, -0.25) is 0 Å². The lowest BCUT2D eigenvalue weighted by Crippen LogP contribution is -2.33. The van der Waals surface area contributed by atoms with Crippen LogP contribution in [-0.2, 0) is 5.41 Å².